The molecule has 0 amide bonds. The molecule has 0 fully saturated rings. The van der Waals surface area contributed by atoms with E-state index in [0.717, 1.165) is 0 Å². The maximum Gasteiger partial charge on any atom is 0.290 e. The Bertz CT molecular complexity index is 389. The molecule has 0 aromatic carbocycles. The van der Waals surface area contributed by atoms with Crippen molar-refractivity contribution in [1.29, 1.82) is 0 Å². The first-order chi connectivity index (χ1) is 7.69. The standard InChI is InChI=1S/C9H9BCl2N3O/c1-2-3-7(13-10-5-16)6-4-8(11)14-15-9(6)12/h2,4-5,7,13H,1,3H2. The molecule has 1 atom stereocenters. The summed E-state index contributed by atoms with van der Waals surface area (Å²) in [5.41, 5.74) is 0.680. The second-order valence-corrected chi connectivity index (χ2v) is 3.70. The molecule has 0 aliphatic carbocycles. The van der Waals surface area contributed by atoms with Crippen molar-refractivity contribution >= 4 is 36.8 Å². The normalized spacial score (nSPS) is 11.9. The van der Waals surface area contributed by atoms with Crippen LogP contribution in [-0.4, -0.2) is 23.8 Å². The second-order valence-electron chi connectivity index (χ2n) is 2.96. The molecule has 0 spiro atoms. The van der Waals surface area contributed by atoms with Crippen LogP contribution in [0.1, 0.15) is 18.0 Å². The zero-order valence-electron chi connectivity index (χ0n) is 8.36. The van der Waals surface area contributed by atoms with Gasteiger partial charge in [-0.1, -0.05) is 29.3 Å². The summed E-state index contributed by atoms with van der Waals surface area (Å²) >= 11 is 11.6. The van der Waals surface area contributed by atoms with Crippen LogP contribution in [0.5, 0.6) is 0 Å². The van der Waals surface area contributed by atoms with Crippen molar-refractivity contribution in [2.75, 3.05) is 0 Å². The van der Waals surface area contributed by atoms with Crippen molar-refractivity contribution in [2.24, 2.45) is 0 Å². The molecule has 4 nitrogen and oxygen atoms in total. The van der Waals surface area contributed by atoms with Gasteiger partial charge in [0.25, 0.3) is 7.41 Å². The van der Waals surface area contributed by atoms with Crippen molar-refractivity contribution in [1.82, 2.24) is 15.4 Å². The predicted molar refractivity (Wildman–Crippen MR) is 65.2 cm³/mol. The Balaban J connectivity index is 2.94. The van der Waals surface area contributed by atoms with Crippen LogP contribution in [-0.2, 0) is 4.79 Å². The lowest BCUT2D eigenvalue weighted by atomic mass is 9.93. The van der Waals surface area contributed by atoms with E-state index in [1.165, 1.54) is 7.41 Å². The maximum atomic E-state index is 10.3. The van der Waals surface area contributed by atoms with Crippen LogP contribution in [0, 0.1) is 0 Å². The minimum absolute atomic E-state index is 0.191. The van der Waals surface area contributed by atoms with E-state index in [4.69, 9.17) is 23.2 Å². The largest absolute Gasteiger partial charge is 0.347 e. The Hall–Kier alpha value is -0.905. The van der Waals surface area contributed by atoms with Gasteiger partial charge in [-0.25, -0.2) is 0 Å². The number of halogens is 2. The van der Waals surface area contributed by atoms with Crippen molar-refractivity contribution in [2.45, 2.75) is 12.5 Å². The van der Waals surface area contributed by atoms with Gasteiger partial charge in [-0.15, -0.1) is 16.8 Å². The number of hydrogen-bond acceptors (Lipinski definition) is 4. The van der Waals surface area contributed by atoms with E-state index < -0.39 is 0 Å². The summed E-state index contributed by atoms with van der Waals surface area (Å²) in [4.78, 5) is 10.3. The van der Waals surface area contributed by atoms with Gasteiger partial charge in [-0.05, 0) is 12.5 Å². The summed E-state index contributed by atoms with van der Waals surface area (Å²) in [6, 6.07) is 1.42. The van der Waals surface area contributed by atoms with Gasteiger partial charge < -0.3 is 10.0 Å². The van der Waals surface area contributed by atoms with Gasteiger partial charge in [0, 0.05) is 11.6 Å². The van der Waals surface area contributed by atoms with Crippen LogP contribution in [0.15, 0.2) is 18.7 Å². The molecule has 0 saturated carbocycles. The van der Waals surface area contributed by atoms with Gasteiger partial charge in [0.15, 0.2) is 10.3 Å². The van der Waals surface area contributed by atoms with E-state index in [2.05, 4.69) is 22.0 Å². The molecule has 16 heavy (non-hydrogen) atoms. The van der Waals surface area contributed by atoms with E-state index in [-0.39, 0.29) is 16.3 Å². The van der Waals surface area contributed by atoms with E-state index in [1.807, 2.05) is 0 Å². The lowest BCUT2D eigenvalue weighted by Crippen LogP contribution is -2.26. The van der Waals surface area contributed by atoms with Gasteiger partial charge in [0.2, 0.25) is 0 Å². The highest BCUT2D eigenvalue weighted by Gasteiger charge is 2.15. The number of aromatic nitrogens is 2. The average molecular weight is 257 g/mol. The zero-order valence-corrected chi connectivity index (χ0v) is 9.87. The Labute approximate surface area is 104 Å². The average Bonchev–Trinajstić information content (AvgIpc) is 2.28. The molecule has 83 valence electrons. The van der Waals surface area contributed by atoms with Gasteiger partial charge in [-0.2, -0.15) is 0 Å². The molecule has 1 N–H and O–H groups in total. The highest BCUT2D eigenvalue weighted by atomic mass is 35.5. The molecule has 0 aliphatic heterocycles. The third-order valence-electron chi connectivity index (χ3n) is 1.89. The minimum atomic E-state index is -0.191. The fourth-order valence-electron chi connectivity index (χ4n) is 1.22. The third-order valence-corrected chi connectivity index (χ3v) is 2.37. The van der Waals surface area contributed by atoms with Crippen LogP contribution in [0.2, 0.25) is 10.3 Å². The lowest BCUT2D eigenvalue weighted by Gasteiger charge is -2.16. The summed E-state index contributed by atoms with van der Waals surface area (Å²) in [5.74, 6) is 0. The molecule has 0 bridgehead atoms. The molecular formula is C9H9BCl2N3O. The Morgan fingerprint density at radius 1 is 1.56 bits per heavy atom. The van der Waals surface area contributed by atoms with Crippen molar-refractivity contribution in [3.8, 4) is 0 Å². The molecule has 1 radical (unpaired) electrons. The number of rotatable bonds is 6. The topological polar surface area (TPSA) is 54.9 Å². The van der Waals surface area contributed by atoms with Crippen LogP contribution in [0.25, 0.3) is 0 Å². The molecule has 1 aromatic heterocycles. The molecule has 1 aromatic rings. The summed E-state index contributed by atoms with van der Waals surface area (Å²) in [6.45, 7) is 3.63. The summed E-state index contributed by atoms with van der Waals surface area (Å²) in [6.07, 6.45) is 2.95. The maximum absolute atomic E-state index is 10.3. The number of nitrogens with zero attached hydrogens (tertiary/aromatic N) is 2. The van der Waals surface area contributed by atoms with E-state index in [0.29, 0.717) is 18.2 Å². The fourth-order valence-corrected chi connectivity index (χ4v) is 1.60. The highest BCUT2D eigenvalue weighted by molar-refractivity contribution is 6.64. The van der Waals surface area contributed by atoms with Gasteiger partial charge in [0.05, 0.1) is 6.19 Å². The number of carbonyl (C=O) groups is 1. The molecule has 1 unspecified atom stereocenters. The number of nitrogens with one attached hydrogen (secondary N) is 1. The van der Waals surface area contributed by atoms with Crippen LogP contribution in [0.4, 0.5) is 0 Å². The van der Waals surface area contributed by atoms with Gasteiger partial charge in [-0.3, -0.25) is 0 Å². The van der Waals surface area contributed by atoms with Crippen LogP contribution >= 0.6 is 23.2 Å². The molecular weight excluding hydrogens is 248 g/mol. The van der Waals surface area contributed by atoms with E-state index >= 15 is 0 Å². The van der Waals surface area contributed by atoms with E-state index in [9.17, 15) is 4.79 Å². The molecule has 0 saturated heterocycles. The SMILES string of the molecule is C=CCC(N[B]C=O)c1cc(Cl)nnc1Cl. The predicted octanol–water partition coefficient (Wildman–Crippen LogP) is 1.80. The highest BCUT2D eigenvalue weighted by Crippen LogP contribution is 2.24. The van der Waals surface area contributed by atoms with Crippen molar-refractivity contribution in [3.05, 3.63) is 34.6 Å². The van der Waals surface area contributed by atoms with Crippen molar-refractivity contribution < 1.29 is 4.79 Å². The summed E-state index contributed by atoms with van der Waals surface area (Å²) in [5, 5.41) is 10.7. The minimum Gasteiger partial charge on any atom is -0.347 e. The second kappa shape index (κ2) is 6.63. The monoisotopic (exact) mass is 256 g/mol. The molecule has 1 heterocycles. The van der Waals surface area contributed by atoms with Crippen LogP contribution < -0.4 is 5.23 Å². The summed E-state index contributed by atoms with van der Waals surface area (Å²) < 4.78 is 0. The zero-order chi connectivity index (χ0) is 12.0. The third kappa shape index (κ3) is 3.59. The Kier molecular flexibility index (Phi) is 5.45. The van der Waals surface area contributed by atoms with Crippen molar-refractivity contribution in [3.63, 3.8) is 0 Å². The van der Waals surface area contributed by atoms with Gasteiger partial charge in [0.1, 0.15) is 0 Å². The Morgan fingerprint density at radius 2 is 2.31 bits per heavy atom. The molecule has 7 heteroatoms. The lowest BCUT2D eigenvalue weighted by molar-refractivity contribution is 0.566. The first-order valence-electron chi connectivity index (χ1n) is 4.51. The summed E-state index contributed by atoms with van der Waals surface area (Å²) in [7, 11) is 1.29. The molecule has 0 aliphatic rings. The Morgan fingerprint density at radius 3 is 2.94 bits per heavy atom. The quantitative estimate of drug-likeness (QED) is 0.479. The smallest absolute Gasteiger partial charge is 0.290 e. The first kappa shape index (κ1) is 13.2. The first-order valence-corrected chi connectivity index (χ1v) is 5.27. The molecule has 1 rings (SSSR count). The van der Waals surface area contributed by atoms with Gasteiger partial charge >= 0.3 is 0 Å². The number of hydrogen-bond donors (Lipinski definition) is 1. The van der Waals surface area contributed by atoms with Crippen LogP contribution in [0.3, 0.4) is 0 Å². The number of carbonyl (C=O) groups excluding carboxylic acids is 1. The fraction of sp³-hybridized carbons (Fsp3) is 0.222. The van der Waals surface area contributed by atoms with E-state index in [1.54, 1.807) is 12.1 Å².